The van der Waals surface area contributed by atoms with Gasteiger partial charge in [-0.25, -0.2) is 0 Å². The topological polar surface area (TPSA) is 56.4 Å². The van der Waals surface area contributed by atoms with Crippen LogP contribution in [0, 0.1) is 6.92 Å². The van der Waals surface area contributed by atoms with Crippen molar-refractivity contribution in [3.05, 3.63) is 59.4 Å². The van der Waals surface area contributed by atoms with Crippen molar-refractivity contribution >= 4 is 11.8 Å². The molecule has 3 rings (SSSR count). The highest BCUT2D eigenvalue weighted by Crippen LogP contribution is 2.12. The van der Waals surface area contributed by atoms with E-state index in [9.17, 15) is 9.59 Å². The number of aromatic nitrogens is 1. The SMILES string of the molecule is Cc1cccc(C(=O)N2CCCN(C(=O)Cc3ccc[nH]3)CC2)c1. The molecular weight excluding hydrogens is 302 g/mol. The maximum absolute atomic E-state index is 12.7. The first-order chi connectivity index (χ1) is 11.6. The van der Waals surface area contributed by atoms with Crippen LogP contribution in [0.15, 0.2) is 42.6 Å². The molecule has 1 aliphatic rings. The summed E-state index contributed by atoms with van der Waals surface area (Å²) < 4.78 is 0. The molecule has 2 aromatic rings. The van der Waals surface area contributed by atoms with E-state index < -0.39 is 0 Å². The largest absolute Gasteiger partial charge is 0.365 e. The fourth-order valence-electron chi connectivity index (χ4n) is 3.08. The number of carbonyl (C=O) groups is 2. The Labute approximate surface area is 142 Å². The summed E-state index contributed by atoms with van der Waals surface area (Å²) in [6.45, 7) is 4.57. The molecule has 0 radical (unpaired) electrons. The van der Waals surface area contributed by atoms with Gasteiger partial charge in [0, 0.05) is 43.6 Å². The molecule has 1 aromatic carbocycles. The van der Waals surface area contributed by atoms with Crippen LogP contribution in [0.5, 0.6) is 0 Å². The van der Waals surface area contributed by atoms with Crippen LogP contribution in [0.1, 0.15) is 28.0 Å². The second-order valence-corrected chi connectivity index (χ2v) is 6.27. The fourth-order valence-corrected chi connectivity index (χ4v) is 3.08. The highest BCUT2D eigenvalue weighted by molar-refractivity contribution is 5.94. The lowest BCUT2D eigenvalue weighted by molar-refractivity contribution is -0.130. The average Bonchev–Trinajstić information content (AvgIpc) is 2.95. The summed E-state index contributed by atoms with van der Waals surface area (Å²) >= 11 is 0. The number of nitrogens with zero attached hydrogens (tertiary/aromatic N) is 2. The number of nitrogens with one attached hydrogen (secondary N) is 1. The molecule has 1 saturated heterocycles. The summed E-state index contributed by atoms with van der Waals surface area (Å²) in [4.78, 5) is 31.9. The maximum Gasteiger partial charge on any atom is 0.253 e. The second kappa shape index (κ2) is 7.34. The van der Waals surface area contributed by atoms with E-state index >= 15 is 0 Å². The second-order valence-electron chi connectivity index (χ2n) is 6.27. The van der Waals surface area contributed by atoms with Crippen molar-refractivity contribution in [3.8, 4) is 0 Å². The summed E-state index contributed by atoms with van der Waals surface area (Å²) in [7, 11) is 0. The third-order valence-corrected chi connectivity index (χ3v) is 4.40. The Morgan fingerprint density at radius 2 is 1.83 bits per heavy atom. The summed E-state index contributed by atoms with van der Waals surface area (Å²) in [6.07, 6.45) is 3.03. The van der Waals surface area contributed by atoms with Gasteiger partial charge in [0.2, 0.25) is 5.91 Å². The first-order valence-corrected chi connectivity index (χ1v) is 8.39. The number of H-pyrrole nitrogens is 1. The molecule has 126 valence electrons. The first-order valence-electron chi connectivity index (χ1n) is 8.39. The Balaban J connectivity index is 1.60. The molecule has 1 aromatic heterocycles. The number of rotatable bonds is 3. The van der Waals surface area contributed by atoms with Gasteiger partial charge in [-0.15, -0.1) is 0 Å². The molecule has 0 aliphatic carbocycles. The van der Waals surface area contributed by atoms with Crippen LogP contribution in [0.2, 0.25) is 0 Å². The molecule has 2 heterocycles. The van der Waals surface area contributed by atoms with Crippen LogP contribution in [0.25, 0.3) is 0 Å². The molecule has 0 saturated carbocycles. The third kappa shape index (κ3) is 3.85. The van der Waals surface area contributed by atoms with Crippen LogP contribution in [0.4, 0.5) is 0 Å². The quantitative estimate of drug-likeness (QED) is 0.941. The minimum atomic E-state index is 0.0531. The van der Waals surface area contributed by atoms with E-state index in [1.54, 1.807) is 0 Å². The van der Waals surface area contributed by atoms with E-state index in [0.29, 0.717) is 32.6 Å². The van der Waals surface area contributed by atoms with Gasteiger partial charge in [-0.05, 0) is 37.6 Å². The fraction of sp³-hybridized carbons (Fsp3) is 0.368. The molecule has 5 heteroatoms. The lowest BCUT2D eigenvalue weighted by Gasteiger charge is -2.22. The Kier molecular flexibility index (Phi) is 4.99. The van der Waals surface area contributed by atoms with Gasteiger partial charge in [0.1, 0.15) is 0 Å². The summed E-state index contributed by atoms with van der Waals surface area (Å²) in [5.41, 5.74) is 2.73. The Hall–Kier alpha value is -2.56. The molecule has 24 heavy (non-hydrogen) atoms. The third-order valence-electron chi connectivity index (χ3n) is 4.40. The number of amides is 2. The number of benzene rings is 1. The molecule has 0 spiro atoms. The van der Waals surface area contributed by atoms with Crippen LogP contribution in [0.3, 0.4) is 0 Å². The van der Waals surface area contributed by atoms with Crippen molar-refractivity contribution in [3.63, 3.8) is 0 Å². The molecule has 0 atom stereocenters. The van der Waals surface area contributed by atoms with Gasteiger partial charge in [-0.2, -0.15) is 0 Å². The molecule has 0 unspecified atom stereocenters. The summed E-state index contributed by atoms with van der Waals surface area (Å²) in [6, 6.07) is 11.5. The summed E-state index contributed by atoms with van der Waals surface area (Å²) in [5.74, 6) is 0.166. The molecule has 5 nitrogen and oxygen atoms in total. The van der Waals surface area contributed by atoms with Crippen LogP contribution in [-0.2, 0) is 11.2 Å². The minimum absolute atomic E-state index is 0.0531. The number of aromatic amines is 1. The van der Waals surface area contributed by atoms with E-state index in [2.05, 4.69) is 4.98 Å². The van der Waals surface area contributed by atoms with E-state index in [1.807, 2.05) is 59.3 Å². The Bertz CT molecular complexity index is 709. The predicted octanol–water partition coefficient (Wildman–Crippen LogP) is 2.24. The molecular formula is C19H23N3O2. The van der Waals surface area contributed by atoms with Crippen LogP contribution >= 0.6 is 0 Å². The monoisotopic (exact) mass is 325 g/mol. The lowest BCUT2D eigenvalue weighted by Crippen LogP contribution is -2.38. The number of hydrogen-bond acceptors (Lipinski definition) is 2. The van der Waals surface area contributed by atoms with Crippen LogP contribution in [-0.4, -0.2) is 52.8 Å². The van der Waals surface area contributed by atoms with Gasteiger partial charge in [0.05, 0.1) is 6.42 Å². The van der Waals surface area contributed by atoms with Gasteiger partial charge in [0.15, 0.2) is 0 Å². The van der Waals surface area contributed by atoms with Crippen molar-refractivity contribution in [2.24, 2.45) is 0 Å². The molecule has 1 fully saturated rings. The summed E-state index contributed by atoms with van der Waals surface area (Å²) in [5, 5.41) is 0. The van der Waals surface area contributed by atoms with Gasteiger partial charge in [0.25, 0.3) is 5.91 Å². The predicted molar refractivity (Wildman–Crippen MR) is 92.8 cm³/mol. The number of carbonyl (C=O) groups excluding carboxylic acids is 2. The van der Waals surface area contributed by atoms with E-state index in [0.717, 1.165) is 23.2 Å². The molecule has 2 amide bonds. The normalized spacial score (nSPS) is 15.2. The van der Waals surface area contributed by atoms with Gasteiger partial charge >= 0.3 is 0 Å². The first kappa shape index (κ1) is 16.3. The highest BCUT2D eigenvalue weighted by Gasteiger charge is 2.23. The van der Waals surface area contributed by atoms with Gasteiger partial charge < -0.3 is 14.8 Å². The van der Waals surface area contributed by atoms with Crippen molar-refractivity contribution in [1.29, 1.82) is 0 Å². The molecule has 1 N–H and O–H groups in total. The highest BCUT2D eigenvalue weighted by atomic mass is 16.2. The van der Waals surface area contributed by atoms with Crippen LogP contribution < -0.4 is 0 Å². The van der Waals surface area contributed by atoms with E-state index in [-0.39, 0.29) is 11.8 Å². The lowest BCUT2D eigenvalue weighted by atomic mass is 10.1. The van der Waals surface area contributed by atoms with E-state index in [1.165, 1.54) is 0 Å². The molecule has 1 aliphatic heterocycles. The molecule has 0 bridgehead atoms. The number of aryl methyl sites for hydroxylation is 1. The van der Waals surface area contributed by atoms with Gasteiger partial charge in [-0.1, -0.05) is 17.7 Å². The zero-order valence-electron chi connectivity index (χ0n) is 14.0. The minimum Gasteiger partial charge on any atom is -0.365 e. The average molecular weight is 325 g/mol. The standard InChI is InChI=1S/C19H23N3O2/c1-15-5-2-6-16(13-15)19(24)22-10-4-9-21(11-12-22)18(23)14-17-7-3-8-20-17/h2-3,5-8,13,20H,4,9-12,14H2,1H3. The van der Waals surface area contributed by atoms with E-state index in [4.69, 9.17) is 0 Å². The van der Waals surface area contributed by atoms with Crippen molar-refractivity contribution in [1.82, 2.24) is 14.8 Å². The number of hydrogen-bond donors (Lipinski definition) is 1. The van der Waals surface area contributed by atoms with Crippen molar-refractivity contribution < 1.29 is 9.59 Å². The zero-order valence-corrected chi connectivity index (χ0v) is 14.0. The van der Waals surface area contributed by atoms with Gasteiger partial charge in [-0.3, -0.25) is 9.59 Å². The smallest absolute Gasteiger partial charge is 0.253 e. The zero-order chi connectivity index (χ0) is 16.9. The van der Waals surface area contributed by atoms with Crippen molar-refractivity contribution in [2.75, 3.05) is 26.2 Å². The Morgan fingerprint density at radius 3 is 2.58 bits per heavy atom. The maximum atomic E-state index is 12.7. The Morgan fingerprint density at radius 1 is 1.04 bits per heavy atom. The van der Waals surface area contributed by atoms with Crippen molar-refractivity contribution in [2.45, 2.75) is 19.8 Å².